The molecule has 0 spiro atoms. The van der Waals surface area contributed by atoms with Crippen molar-refractivity contribution in [3.63, 3.8) is 0 Å². The highest BCUT2D eigenvalue weighted by molar-refractivity contribution is 9.10. The number of alkyl halides is 3. The van der Waals surface area contributed by atoms with Gasteiger partial charge in [-0.2, -0.15) is 13.2 Å². The second kappa shape index (κ2) is 8.14. The van der Waals surface area contributed by atoms with Crippen molar-refractivity contribution >= 4 is 33.8 Å². The number of amides is 2. The molecule has 0 unspecified atom stereocenters. The fourth-order valence-corrected chi connectivity index (χ4v) is 2.03. The molecule has 2 amide bonds. The Balaban J connectivity index is 2.87. The van der Waals surface area contributed by atoms with Gasteiger partial charge in [0.1, 0.15) is 13.1 Å². The Morgan fingerprint density at radius 2 is 1.91 bits per heavy atom. The lowest BCUT2D eigenvalue weighted by atomic mass is 10.2. The van der Waals surface area contributed by atoms with Crippen molar-refractivity contribution < 1.29 is 22.8 Å². The van der Waals surface area contributed by atoms with E-state index in [0.29, 0.717) is 10.5 Å². The van der Waals surface area contributed by atoms with E-state index in [-0.39, 0.29) is 0 Å². The van der Waals surface area contributed by atoms with Crippen LogP contribution in [0.4, 0.5) is 13.2 Å². The third-order valence-electron chi connectivity index (χ3n) is 2.77. The van der Waals surface area contributed by atoms with Gasteiger partial charge in [0.2, 0.25) is 11.8 Å². The van der Waals surface area contributed by atoms with E-state index in [9.17, 15) is 22.8 Å². The summed E-state index contributed by atoms with van der Waals surface area (Å²) >= 11 is 3.26. The SMILES string of the molecule is CN(C)C(=O)CN(CC(F)(F)F)C(=O)/C=C/c1cccc(Br)c1. The van der Waals surface area contributed by atoms with Gasteiger partial charge >= 0.3 is 6.18 Å². The maximum absolute atomic E-state index is 12.6. The monoisotopic (exact) mass is 392 g/mol. The van der Waals surface area contributed by atoms with Gasteiger partial charge < -0.3 is 9.80 Å². The first-order chi connectivity index (χ1) is 10.6. The smallest absolute Gasteiger partial charge is 0.347 e. The van der Waals surface area contributed by atoms with Crippen LogP contribution in [0.3, 0.4) is 0 Å². The third kappa shape index (κ3) is 7.32. The summed E-state index contributed by atoms with van der Waals surface area (Å²) in [7, 11) is 2.83. The fourth-order valence-electron chi connectivity index (χ4n) is 1.62. The zero-order valence-corrected chi connectivity index (χ0v) is 14.2. The molecule has 0 atom stereocenters. The van der Waals surface area contributed by atoms with E-state index in [1.165, 1.54) is 20.2 Å². The zero-order valence-electron chi connectivity index (χ0n) is 12.6. The molecule has 0 saturated carbocycles. The molecule has 0 saturated heterocycles. The molecule has 0 N–H and O–H groups in total. The van der Waals surface area contributed by atoms with Crippen LogP contribution in [0.1, 0.15) is 5.56 Å². The van der Waals surface area contributed by atoms with Gasteiger partial charge in [-0.3, -0.25) is 9.59 Å². The minimum atomic E-state index is -4.58. The lowest BCUT2D eigenvalue weighted by molar-refractivity contribution is -0.161. The molecule has 1 aromatic carbocycles. The molecule has 126 valence electrons. The summed E-state index contributed by atoms with van der Waals surface area (Å²) in [6.07, 6.45) is -2.15. The Kier molecular flexibility index (Phi) is 6.80. The molecule has 0 aliphatic rings. The van der Waals surface area contributed by atoms with E-state index >= 15 is 0 Å². The van der Waals surface area contributed by atoms with Crippen LogP contribution in [0.5, 0.6) is 0 Å². The Bertz CT molecular complexity index is 601. The Morgan fingerprint density at radius 1 is 1.26 bits per heavy atom. The standard InChI is InChI=1S/C15H16BrF3N2O2/c1-20(2)14(23)9-21(10-15(17,18)19)13(22)7-6-11-4-3-5-12(16)8-11/h3-8H,9-10H2,1-2H3/b7-6+. The van der Waals surface area contributed by atoms with Gasteiger partial charge in [0.05, 0.1) is 0 Å². The Morgan fingerprint density at radius 3 is 2.43 bits per heavy atom. The summed E-state index contributed by atoms with van der Waals surface area (Å²) in [5, 5.41) is 0. The third-order valence-corrected chi connectivity index (χ3v) is 3.27. The van der Waals surface area contributed by atoms with Gasteiger partial charge in [0.15, 0.2) is 0 Å². The van der Waals surface area contributed by atoms with E-state index in [1.807, 2.05) is 0 Å². The summed E-state index contributed by atoms with van der Waals surface area (Å²) in [4.78, 5) is 25.2. The highest BCUT2D eigenvalue weighted by Crippen LogP contribution is 2.17. The minimum Gasteiger partial charge on any atom is -0.347 e. The molecule has 0 heterocycles. The number of hydrogen-bond acceptors (Lipinski definition) is 2. The predicted molar refractivity (Wildman–Crippen MR) is 84.5 cm³/mol. The molecule has 1 aromatic rings. The van der Waals surface area contributed by atoms with Gasteiger partial charge in [0, 0.05) is 24.6 Å². The number of nitrogens with zero attached hydrogens (tertiary/aromatic N) is 2. The van der Waals surface area contributed by atoms with Gasteiger partial charge in [-0.15, -0.1) is 0 Å². The lowest BCUT2D eigenvalue weighted by Gasteiger charge is -2.23. The summed E-state index contributed by atoms with van der Waals surface area (Å²) < 4.78 is 38.5. The van der Waals surface area contributed by atoms with Crippen LogP contribution < -0.4 is 0 Å². The second-order valence-electron chi connectivity index (χ2n) is 4.99. The first-order valence-corrected chi connectivity index (χ1v) is 7.37. The number of hydrogen-bond donors (Lipinski definition) is 0. The molecule has 0 aromatic heterocycles. The molecule has 23 heavy (non-hydrogen) atoms. The molecule has 0 radical (unpaired) electrons. The minimum absolute atomic E-state index is 0.469. The topological polar surface area (TPSA) is 40.6 Å². The average molecular weight is 393 g/mol. The molecule has 0 fully saturated rings. The predicted octanol–water partition coefficient (Wildman–Crippen LogP) is 2.94. The largest absolute Gasteiger partial charge is 0.406 e. The van der Waals surface area contributed by atoms with Crippen LogP contribution in [0, 0.1) is 0 Å². The van der Waals surface area contributed by atoms with Crippen molar-refractivity contribution in [2.45, 2.75) is 6.18 Å². The summed E-state index contributed by atoms with van der Waals surface area (Å²) in [5.41, 5.74) is 0.651. The van der Waals surface area contributed by atoms with Crippen molar-refractivity contribution in [3.8, 4) is 0 Å². The maximum Gasteiger partial charge on any atom is 0.406 e. The van der Waals surface area contributed by atoms with E-state index in [4.69, 9.17) is 0 Å². The van der Waals surface area contributed by atoms with Crippen molar-refractivity contribution in [1.82, 2.24) is 9.80 Å². The van der Waals surface area contributed by atoms with E-state index in [2.05, 4.69) is 15.9 Å². The number of carbonyl (C=O) groups is 2. The summed E-state index contributed by atoms with van der Waals surface area (Å²) in [5.74, 6) is -1.46. The first-order valence-electron chi connectivity index (χ1n) is 6.58. The van der Waals surface area contributed by atoms with Gasteiger partial charge in [0.25, 0.3) is 0 Å². The van der Waals surface area contributed by atoms with Crippen LogP contribution in [0.15, 0.2) is 34.8 Å². The molecular formula is C15H16BrF3N2O2. The molecule has 0 bridgehead atoms. The van der Waals surface area contributed by atoms with Crippen LogP contribution in [0.25, 0.3) is 6.08 Å². The highest BCUT2D eigenvalue weighted by atomic mass is 79.9. The molecular weight excluding hydrogens is 377 g/mol. The zero-order chi connectivity index (χ0) is 17.6. The number of rotatable bonds is 5. The molecule has 0 aliphatic carbocycles. The van der Waals surface area contributed by atoms with Crippen LogP contribution >= 0.6 is 15.9 Å². The quantitative estimate of drug-likeness (QED) is 0.722. The number of benzene rings is 1. The summed E-state index contributed by atoms with van der Waals surface area (Å²) in [6.45, 7) is -2.11. The molecule has 8 heteroatoms. The van der Waals surface area contributed by atoms with Gasteiger partial charge in [-0.25, -0.2) is 0 Å². The normalized spacial score (nSPS) is 11.6. The molecule has 4 nitrogen and oxygen atoms in total. The number of likely N-dealkylation sites (N-methyl/N-ethyl adjacent to an activating group) is 1. The van der Waals surface area contributed by atoms with Crippen LogP contribution in [-0.4, -0.2) is 55.0 Å². The lowest BCUT2D eigenvalue weighted by Crippen LogP contribution is -2.44. The second-order valence-corrected chi connectivity index (χ2v) is 5.90. The average Bonchev–Trinajstić information content (AvgIpc) is 2.42. The molecule has 1 rings (SSSR count). The van der Waals surface area contributed by atoms with E-state index in [1.54, 1.807) is 24.3 Å². The molecule has 0 aliphatic heterocycles. The van der Waals surface area contributed by atoms with E-state index in [0.717, 1.165) is 15.4 Å². The van der Waals surface area contributed by atoms with E-state index < -0.39 is 31.1 Å². The summed E-state index contributed by atoms with van der Waals surface area (Å²) in [6, 6.07) is 6.93. The van der Waals surface area contributed by atoms with Crippen molar-refractivity contribution in [1.29, 1.82) is 0 Å². The van der Waals surface area contributed by atoms with Gasteiger partial charge in [-0.05, 0) is 23.8 Å². The Labute approximate surface area is 140 Å². The number of halogens is 4. The maximum atomic E-state index is 12.6. The van der Waals surface area contributed by atoms with Crippen molar-refractivity contribution in [3.05, 3.63) is 40.4 Å². The first kappa shape index (κ1) is 19.2. The van der Waals surface area contributed by atoms with Crippen molar-refractivity contribution in [2.75, 3.05) is 27.2 Å². The number of carbonyl (C=O) groups excluding carboxylic acids is 2. The van der Waals surface area contributed by atoms with Crippen molar-refractivity contribution in [2.24, 2.45) is 0 Å². The van der Waals surface area contributed by atoms with Crippen LogP contribution in [0.2, 0.25) is 0 Å². The Hall–Kier alpha value is -1.83. The highest BCUT2D eigenvalue weighted by Gasteiger charge is 2.33. The van der Waals surface area contributed by atoms with Gasteiger partial charge in [-0.1, -0.05) is 28.1 Å². The fraction of sp³-hybridized carbons (Fsp3) is 0.333. The van der Waals surface area contributed by atoms with Crippen LogP contribution in [-0.2, 0) is 9.59 Å².